The Morgan fingerprint density at radius 1 is 1.22 bits per heavy atom. The van der Waals surface area contributed by atoms with Gasteiger partial charge in [0.15, 0.2) is 0 Å². The van der Waals surface area contributed by atoms with E-state index in [0.29, 0.717) is 38.5 Å². The minimum Gasteiger partial charge on any atom is -0.378 e. The molecule has 1 fully saturated rings. The molecule has 0 radical (unpaired) electrons. The molecule has 2 amide bonds. The van der Waals surface area contributed by atoms with Gasteiger partial charge in [-0.15, -0.1) is 12.4 Å². The number of nitrogens with zero attached hydrogens (tertiary/aromatic N) is 2. The Kier molecular flexibility index (Phi) is 7.24. The van der Waals surface area contributed by atoms with Crippen molar-refractivity contribution in [1.29, 1.82) is 0 Å². The molecule has 0 spiro atoms. The third kappa shape index (κ3) is 5.00. The zero-order valence-electron chi connectivity index (χ0n) is 15.7. The van der Waals surface area contributed by atoms with Crippen LogP contribution in [-0.2, 0) is 20.9 Å². The maximum atomic E-state index is 12.4. The molecule has 148 valence electrons. The smallest absolute Gasteiger partial charge is 0.242 e. The maximum absolute atomic E-state index is 12.4. The summed E-state index contributed by atoms with van der Waals surface area (Å²) < 4.78 is 7.22. The number of rotatable bonds is 5. The van der Waals surface area contributed by atoms with Gasteiger partial charge >= 0.3 is 0 Å². The first-order valence-corrected chi connectivity index (χ1v) is 8.96. The number of halogens is 1. The number of amides is 2. The van der Waals surface area contributed by atoms with Crippen LogP contribution >= 0.6 is 12.4 Å². The fourth-order valence-electron chi connectivity index (χ4n) is 3.00. The van der Waals surface area contributed by atoms with Gasteiger partial charge in [0, 0.05) is 35.9 Å². The third-order valence-corrected chi connectivity index (χ3v) is 4.73. The van der Waals surface area contributed by atoms with Crippen molar-refractivity contribution in [3.8, 4) is 0 Å². The summed E-state index contributed by atoms with van der Waals surface area (Å²) in [6.45, 7) is 6.61. The Morgan fingerprint density at radius 3 is 2.59 bits per heavy atom. The molecule has 8 heteroatoms. The molecule has 0 bridgehead atoms. The first-order valence-electron chi connectivity index (χ1n) is 8.96. The molecule has 1 aromatic carbocycles. The highest BCUT2D eigenvalue weighted by atomic mass is 35.5. The Morgan fingerprint density at radius 2 is 1.93 bits per heavy atom. The van der Waals surface area contributed by atoms with Crippen molar-refractivity contribution in [1.82, 2.24) is 9.47 Å². The van der Waals surface area contributed by atoms with Crippen LogP contribution in [0, 0.1) is 5.92 Å². The summed E-state index contributed by atoms with van der Waals surface area (Å²) >= 11 is 0. The van der Waals surface area contributed by atoms with E-state index >= 15 is 0 Å². The normalized spacial score (nSPS) is 15.5. The average Bonchev–Trinajstić information content (AvgIpc) is 3.03. The number of carbonyl (C=O) groups is 2. The quantitative estimate of drug-likeness (QED) is 0.809. The number of ether oxygens (including phenoxy) is 1. The molecule has 1 aromatic heterocycles. The number of aromatic nitrogens is 1. The van der Waals surface area contributed by atoms with Crippen molar-refractivity contribution in [3.63, 3.8) is 0 Å². The van der Waals surface area contributed by atoms with E-state index in [1.807, 2.05) is 53.8 Å². The summed E-state index contributed by atoms with van der Waals surface area (Å²) in [5.74, 6) is -0.0293. The van der Waals surface area contributed by atoms with E-state index in [-0.39, 0.29) is 30.1 Å². The van der Waals surface area contributed by atoms with Crippen LogP contribution in [0.4, 0.5) is 5.69 Å². The number of anilines is 1. The fraction of sp³-hybridized carbons (Fsp3) is 0.474. The van der Waals surface area contributed by atoms with Crippen LogP contribution in [-0.4, -0.2) is 53.6 Å². The topological polar surface area (TPSA) is 89.6 Å². The minimum atomic E-state index is -0.540. The molecule has 0 aliphatic carbocycles. The van der Waals surface area contributed by atoms with Gasteiger partial charge in [-0.05, 0) is 30.2 Å². The van der Waals surface area contributed by atoms with Crippen molar-refractivity contribution in [3.05, 3.63) is 30.5 Å². The summed E-state index contributed by atoms with van der Waals surface area (Å²) in [4.78, 5) is 26.4. The van der Waals surface area contributed by atoms with Gasteiger partial charge in [-0.1, -0.05) is 13.8 Å². The summed E-state index contributed by atoms with van der Waals surface area (Å²) in [7, 11) is 0. The summed E-state index contributed by atoms with van der Waals surface area (Å²) in [5, 5.41) is 3.82. The number of hydrogen-bond acceptors (Lipinski definition) is 4. The van der Waals surface area contributed by atoms with Gasteiger partial charge in [0.25, 0.3) is 0 Å². The van der Waals surface area contributed by atoms with Crippen LogP contribution in [0.25, 0.3) is 10.9 Å². The van der Waals surface area contributed by atoms with Gasteiger partial charge in [0.2, 0.25) is 11.8 Å². The molecular weight excluding hydrogens is 368 g/mol. The highest BCUT2D eigenvalue weighted by Crippen LogP contribution is 2.21. The second-order valence-corrected chi connectivity index (χ2v) is 6.97. The molecule has 3 N–H and O–H groups in total. The highest BCUT2D eigenvalue weighted by molar-refractivity contribution is 5.97. The lowest BCUT2D eigenvalue weighted by atomic mass is 10.0. The Hall–Kier alpha value is -2.09. The molecular formula is C19H27ClN4O3. The van der Waals surface area contributed by atoms with Gasteiger partial charge in [-0.2, -0.15) is 0 Å². The van der Waals surface area contributed by atoms with Gasteiger partial charge in [0.1, 0.15) is 6.54 Å². The number of nitrogens with two attached hydrogens (primary N) is 1. The largest absolute Gasteiger partial charge is 0.378 e. The second kappa shape index (κ2) is 9.21. The average molecular weight is 395 g/mol. The lowest BCUT2D eigenvalue weighted by molar-refractivity contribution is -0.135. The van der Waals surface area contributed by atoms with E-state index in [9.17, 15) is 9.59 Å². The fourth-order valence-corrected chi connectivity index (χ4v) is 3.00. The molecule has 0 unspecified atom stereocenters. The van der Waals surface area contributed by atoms with Crippen molar-refractivity contribution >= 4 is 40.8 Å². The van der Waals surface area contributed by atoms with E-state index in [4.69, 9.17) is 10.5 Å². The minimum absolute atomic E-state index is 0. The number of nitrogens with one attached hydrogen (secondary N) is 1. The molecule has 27 heavy (non-hydrogen) atoms. The van der Waals surface area contributed by atoms with E-state index in [1.54, 1.807) is 0 Å². The molecule has 0 saturated carbocycles. The molecule has 2 heterocycles. The third-order valence-electron chi connectivity index (χ3n) is 4.73. The van der Waals surface area contributed by atoms with Crippen LogP contribution in [0.2, 0.25) is 0 Å². The summed E-state index contributed by atoms with van der Waals surface area (Å²) in [5.41, 5.74) is 7.54. The predicted octanol–water partition coefficient (Wildman–Crippen LogP) is 1.84. The molecule has 2 aromatic rings. The first kappa shape index (κ1) is 21.2. The van der Waals surface area contributed by atoms with Gasteiger partial charge in [0.05, 0.1) is 19.3 Å². The van der Waals surface area contributed by atoms with Gasteiger partial charge in [-0.3, -0.25) is 9.59 Å². The van der Waals surface area contributed by atoms with Crippen LogP contribution < -0.4 is 11.1 Å². The standard InChI is InChI=1S/C19H26N4O3.ClH/c1-13(2)18(20)19(25)21-15-3-4-16-14(11-15)5-6-23(16)12-17(24)22-7-9-26-10-8-22;/h3-6,11,13,18H,7-10,12,20H2,1-2H3,(H,21,25);1H/t18-;/m0./s1. The van der Waals surface area contributed by atoms with Crippen molar-refractivity contribution in [2.24, 2.45) is 11.7 Å². The zero-order valence-corrected chi connectivity index (χ0v) is 16.5. The molecule has 1 aliphatic rings. The SMILES string of the molecule is CC(C)[C@H](N)C(=O)Nc1ccc2c(ccn2CC(=O)N2CCOCC2)c1.Cl. The predicted molar refractivity (Wildman–Crippen MR) is 108 cm³/mol. The van der Waals surface area contributed by atoms with Crippen LogP contribution in [0.15, 0.2) is 30.5 Å². The molecule has 7 nitrogen and oxygen atoms in total. The van der Waals surface area contributed by atoms with Crippen LogP contribution in [0.5, 0.6) is 0 Å². The van der Waals surface area contributed by atoms with E-state index in [2.05, 4.69) is 5.32 Å². The Labute approximate surface area is 165 Å². The zero-order chi connectivity index (χ0) is 18.7. The lowest BCUT2D eigenvalue weighted by Crippen LogP contribution is -2.42. The number of benzene rings is 1. The number of fused-ring (bicyclic) bond motifs is 1. The van der Waals surface area contributed by atoms with Gasteiger partial charge < -0.3 is 25.3 Å². The lowest BCUT2D eigenvalue weighted by Gasteiger charge is -2.27. The second-order valence-electron chi connectivity index (χ2n) is 6.97. The number of carbonyl (C=O) groups excluding carboxylic acids is 2. The number of morpholine rings is 1. The van der Waals surface area contributed by atoms with Crippen LogP contribution in [0.3, 0.4) is 0 Å². The van der Waals surface area contributed by atoms with Crippen molar-refractivity contribution in [2.75, 3.05) is 31.6 Å². The van der Waals surface area contributed by atoms with Crippen LogP contribution in [0.1, 0.15) is 13.8 Å². The van der Waals surface area contributed by atoms with E-state index < -0.39 is 6.04 Å². The summed E-state index contributed by atoms with van der Waals surface area (Å²) in [6.07, 6.45) is 1.90. The molecule has 1 aliphatic heterocycles. The first-order chi connectivity index (χ1) is 12.5. The van der Waals surface area contributed by atoms with E-state index in [0.717, 1.165) is 10.9 Å². The monoisotopic (exact) mass is 394 g/mol. The van der Waals surface area contributed by atoms with Gasteiger partial charge in [-0.25, -0.2) is 0 Å². The van der Waals surface area contributed by atoms with Crippen molar-refractivity contribution < 1.29 is 14.3 Å². The number of hydrogen-bond donors (Lipinski definition) is 2. The Balaban J connectivity index is 0.00000261. The summed E-state index contributed by atoms with van der Waals surface area (Å²) in [6, 6.07) is 7.05. The van der Waals surface area contributed by atoms with E-state index in [1.165, 1.54) is 0 Å². The molecule has 1 saturated heterocycles. The maximum Gasteiger partial charge on any atom is 0.242 e. The Bertz CT molecular complexity index is 799. The molecule has 3 rings (SSSR count). The van der Waals surface area contributed by atoms with Crippen molar-refractivity contribution in [2.45, 2.75) is 26.4 Å². The molecule has 1 atom stereocenters. The highest BCUT2D eigenvalue weighted by Gasteiger charge is 2.19.